The van der Waals surface area contributed by atoms with Gasteiger partial charge in [-0.3, -0.25) is 9.78 Å². The van der Waals surface area contributed by atoms with E-state index >= 15 is 0 Å². The van der Waals surface area contributed by atoms with E-state index in [-0.39, 0.29) is 18.6 Å². The summed E-state index contributed by atoms with van der Waals surface area (Å²) in [5.41, 5.74) is 1.73. The van der Waals surface area contributed by atoms with E-state index in [0.29, 0.717) is 30.4 Å². The van der Waals surface area contributed by atoms with Crippen LogP contribution in [0, 0.1) is 0 Å². The molecule has 0 bridgehead atoms. The van der Waals surface area contributed by atoms with E-state index in [2.05, 4.69) is 15.1 Å². The van der Waals surface area contributed by atoms with Crippen molar-refractivity contribution < 1.29 is 14.1 Å². The number of aromatic nitrogens is 3. The van der Waals surface area contributed by atoms with Crippen LogP contribution in [0.1, 0.15) is 30.7 Å². The predicted octanol–water partition coefficient (Wildman–Crippen LogP) is 3.27. The SMILES string of the molecule is O=C(COCc1ccccc1)N1CCCC1CCc1noc(-c2ccccn2)n1. The van der Waals surface area contributed by atoms with Crippen LogP contribution in [0.3, 0.4) is 0 Å². The summed E-state index contributed by atoms with van der Waals surface area (Å²) < 4.78 is 10.9. The molecule has 0 saturated carbocycles. The van der Waals surface area contributed by atoms with E-state index in [0.717, 1.165) is 31.4 Å². The fourth-order valence-corrected chi connectivity index (χ4v) is 3.62. The molecular weight excluding hydrogens is 368 g/mol. The lowest BCUT2D eigenvalue weighted by Crippen LogP contribution is -2.38. The van der Waals surface area contributed by atoms with Gasteiger partial charge in [0, 0.05) is 25.2 Å². The number of pyridine rings is 1. The Hall–Kier alpha value is -3.06. The molecule has 1 aliphatic heterocycles. The summed E-state index contributed by atoms with van der Waals surface area (Å²) in [6, 6.07) is 15.6. The fraction of sp³-hybridized carbons (Fsp3) is 0.364. The van der Waals surface area contributed by atoms with Crippen molar-refractivity contribution in [1.29, 1.82) is 0 Å². The van der Waals surface area contributed by atoms with E-state index < -0.39 is 0 Å². The van der Waals surface area contributed by atoms with Crippen LogP contribution in [0.5, 0.6) is 0 Å². The van der Waals surface area contributed by atoms with Gasteiger partial charge in [-0.2, -0.15) is 4.98 Å². The van der Waals surface area contributed by atoms with Crippen LogP contribution in [-0.2, 0) is 22.6 Å². The number of hydrogen-bond donors (Lipinski definition) is 0. The number of carbonyl (C=O) groups is 1. The van der Waals surface area contributed by atoms with Gasteiger partial charge in [0.1, 0.15) is 12.3 Å². The fourth-order valence-electron chi connectivity index (χ4n) is 3.62. The number of benzene rings is 1. The monoisotopic (exact) mass is 392 g/mol. The predicted molar refractivity (Wildman–Crippen MR) is 107 cm³/mol. The molecule has 3 heterocycles. The number of nitrogens with zero attached hydrogens (tertiary/aromatic N) is 4. The average Bonchev–Trinajstić information content (AvgIpc) is 3.43. The van der Waals surface area contributed by atoms with E-state index in [4.69, 9.17) is 9.26 Å². The minimum Gasteiger partial charge on any atom is -0.367 e. The molecule has 1 unspecified atom stereocenters. The minimum absolute atomic E-state index is 0.0470. The van der Waals surface area contributed by atoms with Gasteiger partial charge in [-0.05, 0) is 37.0 Å². The van der Waals surface area contributed by atoms with Crippen molar-refractivity contribution in [3.05, 3.63) is 66.1 Å². The highest BCUT2D eigenvalue weighted by Gasteiger charge is 2.28. The number of carbonyl (C=O) groups excluding carboxylic acids is 1. The van der Waals surface area contributed by atoms with Crippen molar-refractivity contribution in [3.8, 4) is 11.6 Å². The normalized spacial score (nSPS) is 16.3. The molecule has 4 rings (SSSR count). The third-order valence-electron chi connectivity index (χ3n) is 5.09. The molecule has 1 atom stereocenters. The first-order valence-corrected chi connectivity index (χ1v) is 9.95. The van der Waals surface area contributed by atoms with E-state index in [1.165, 1.54) is 0 Å². The molecule has 29 heavy (non-hydrogen) atoms. The lowest BCUT2D eigenvalue weighted by Gasteiger charge is -2.24. The zero-order chi connectivity index (χ0) is 19.9. The number of likely N-dealkylation sites (tertiary alicyclic amines) is 1. The van der Waals surface area contributed by atoms with Crippen LogP contribution in [0.15, 0.2) is 59.3 Å². The second-order valence-electron chi connectivity index (χ2n) is 7.13. The molecule has 2 aromatic heterocycles. The summed E-state index contributed by atoms with van der Waals surface area (Å²) in [4.78, 5) is 23.2. The maximum Gasteiger partial charge on any atom is 0.276 e. The first-order valence-electron chi connectivity index (χ1n) is 9.95. The molecule has 1 aliphatic rings. The lowest BCUT2D eigenvalue weighted by molar-refractivity contribution is -0.137. The third kappa shape index (κ3) is 5.06. The van der Waals surface area contributed by atoms with Gasteiger partial charge in [-0.25, -0.2) is 0 Å². The number of aryl methyl sites for hydroxylation is 1. The highest BCUT2D eigenvalue weighted by Crippen LogP contribution is 2.22. The molecule has 1 fully saturated rings. The second kappa shape index (κ2) is 9.43. The van der Waals surface area contributed by atoms with Crippen molar-refractivity contribution in [2.24, 2.45) is 0 Å². The largest absolute Gasteiger partial charge is 0.367 e. The third-order valence-corrected chi connectivity index (χ3v) is 5.09. The molecule has 3 aromatic rings. The molecule has 0 N–H and O–H groups in total. The van der Waals surface area contributed by atoms with Crippen LogP contribution >= 0.6 is 0 Å². The Morgan fingerprint density at radius 1 is 1.17 bits per heavy atom. The van der Waals surface area contributed by atoms with Crippen LogP contribution in [0.25, 0.3) is 11.6 Å². The maximum atomic E-state index is 12.6. The zero-order valence-corrected chi connectivity index (χ0v) is 16.2. The van der Waals surface area contributed by atoms with Crippen LogP contribution < -0.4 is 0 Å². The second-order valence-corrected chi connectivity index (χ2v) is 7.13. The summed E-state index contributed by atoms with van der Waals surface area (Å²) in [6.07, 6.45) is 5.18. The molecule has 7 heteroatoms. The Labute approximate surface area is 169 Å². The first kappa shape index (κ1) is 19.3. The molecule has 1 aromatic carbocycles. The standard InChI is InChI=1S/C22H24N4O3/c27-21(16-28-15-17-7-2-1-3-8-17)26-14-6-9-18(26)11-12-20-24-22(29-25-20)19-10-4-5-13-23-19/h1-5,7-8,10,13,18H,6,9,11-12,14-16H2. The van der Waals surface area contributed by atoms with Gasteiger partial charge in [0.05, 0.1) is 6.61 Å². The molecule has 1 amide bonds. The van der Waals surface area contributed by atoms with Gasteiger partial charge in [0.15, 0.2) is 5.82 Å². The minimum atomic E-state index is 0.0470. The van der Waals surface area contributed by atoms with Crippen molar-refractivity contribution in [2.75, 3.05) is 13.2 Å². The van der Waals surface area contributed by atoms with E-state index in [9.17, 15) is 4.79 Å². The number of hydrogen-bond acceptors (Lipinski definition) is 6. The quantitative estimate of drug-likeness (QED) is 0.585. The smallest absolute Gasteiger partial charge is 0.276 e. The van der Waals surface area contributed by atoms with Crippen molar-refractivity contribution in [1.82, 2.24) is 20.0 Å². The van der Waals surface area contributed by atoms with Crippen LogP contribution in [0.2, 0.25) is 0 Å². The van der Waals surface area contributed by atoms with Crippen molar-refractivity contribution in [3.63, 3.8) is 0 Å². The van der Waals surface area contributed by atoms with Gasteiger partial charge < -0.3 is 14.2 Å². The summed E-state index contributed by atoms with van der Waals surface area (Å²) in [7, 11) is 0. The molecule has 0 aliphatic carbocycles. The lowest BCUT2D eigenvalue weighted by atomic mass is 10.1. The Morgan fingerprint density at radius 3 is 2.86 bits per heavy atom. The molecule has 7 nitrogen and oxygen atoms in total. The number of ether oxygens (including phenoxy) is 1. The Balaban J connectivity index is 1.26. The summed E-state index contributed by atoms with van der Waals surface area (Å²) >= 11 is 0. The number of rotatable bonds is 8. The van der Waals surface area contributed by atoms with Gasteiger partial charge in [-0.15, -0.1) is 0 Å². The molecule has 0 radical (unpaired) electrons. The molecule has 1 saturated heterocycles. The summed E-state index contributed by atoms with van der Waals surface area (Å²) in [5.74, 6) is 1.12. The molecule has 150 valence electrons. The van der Waals surface area contributed by atoms with E-state index in [1.807, 2.05) is 53.4 Å². The molecular formula is C22H24N4O3. The highest BCUT2D eigenvalue weighted by molar-refractivity contribution is 5.78. The first-order chi connectivity index (χ1) is 14.3. The maximum absolute atomic E-state index is 12.6. The Bertz CT molecular complexity index is 914. The Kier molecular flexibility index (Phi) is 6.26. The van der Waals surface area contributed by atoms with Gasteiger partial charge in [0.25, 0.3) is 5.89 Å². The van der Waals surface area contributed by atoms with E-state index in [1.54, 1.807) is 6.20 Å². The van der Waals surface area contributed by atoms with Crippen molar-refractivity contribution in [2.45, 2.75) is 38.3 Å². The topological polar surface area (TPSA) is 81.4 Å². The Morgan fingerprint density at radius 2 is 2.03 bits per heavy atom. The summed E-state index contributed by atoms with van der Waals surface area (Å²) in [5, 5.41) is 4.05. The number of amides is 1. The van der Waals surface area contributed by atoms with Crippen LogP contribution in [-0.4, -0.2) is 45.1 Å². The summed E-state index contributed by atoms with van der Waals surface area (Å²) in [6.45, 7) is 1.34. The van der Waals surface area contributed by atoms with Crippen LogP contribution in [0.4, 0.5) is 0 Å². The molecule has 0 spiro atoms. The highest BCUT2D eigenvalue weighted by atomic mass is 16.5. The van der Waals surface area contributed by atoms with Gasteiger partial charge in [0.2, 0.25) is 5.91 Å². The van der Waals surface area contributed by atoms with Gasteiger partial charge in [-0.1, -0.05) is 41.6 Å². The average molecular weight is 392 g/mol. The van der Waals surface area contributed by atoms with Crippen molar-refractivity contribution >= 4 is 5.91 Å². The zero-order valence-electron chi connectivity index (χ0n) is 16.2. The van der Waals surface area contributed by atoms with Gasteiger partial charge >= 0.3 is 0 Å².